The van der Waals surface area contributed by atoms with E-state index in [1.165, 1.54) is 5.30 Å². The number of nitrogens with zero attached hydrogens (tertiary/aromatic N) is 1. The Kier molecular flexibility index (Phi) is 6.33. The summed E-state index contributed by atoms with van der Waals surface area (Å²) in [6.07, 6.45) is 4.49. The highest BCUT2D eigenvalue weighted by Crippen LogP contribution is 2.37. The smallest absolute Gasteiger partial charge is 0.407 e. The Morgan fingerprint density at radius 1 is 1.26 bits per heavy atom. The maximum atomic E-state index is 12.5. The zero-order chi connectivity index (χ0) is 22.0. The van der Waals surface area contributed by atoms with Gasteiger partial charge in [-0.1, -0.05) is 32.2 Å². The van der Waals surface area contributed by atoms with Crippen molar-refractivity contribution in [3.8, 4) is 0 Å². The number of aromatic nitrogens is 2. The van der Waals surface area contributed by atoms with Crippen LogP contribution in [0.1, 0.15) is 56.2 Å². The maximum Gasteiger partial charge on any atom is 0.407 e. The molecule has 2 unspecified atom stereocenters. The average Bonchev–Trinajstić information content (AvgIpc) is 3.08. The minimum Gasteiger partial charge on any atom is -0.446 e. The molecule has 0 bridgehead atoms. The Bertz CT molecular complexity index is 954. The van der Waals surface area contributed by atoms with Gasteiger partial charge in [-0.3, -0.25) is 9.89 Å². The van der Waals surface area contributed by atoms with E-state index >= 15 is 0 Å². The first-order valence-corrected chi connectivity index (χ1v) is 13.1. The monoisotopic (exact) mass is 442 g/mol. The molecule has 3 N–H and O–H groups in total. The molecule has 1 aromatic heterocycles. The van der Waals surface area contributed by atoms with Crippen LogP contribution in [0.2, 0.25) is 0 Å². The van der Waals surface area contributed by atoms with Gasteiger partial charge in [0.15, 0.2) is 5.82 Å². The summed E-state index contributed by atoms with van der Waals surface area (Å²) < 4.78 is 5.59. The van der Waals surface area contributed by atoms with Gasteiger partial charge in [0.05, 0.1) is 6.42 Å². The molecule has 2 aromatic rings. The number of nitrogens with one attached hydrogen (secondary N) is 3. The Morgan fingerprint density at radius 3 is 2.81 bits per heavy atom. The van der Waals surface area contributed by atoms with Crippen molar-refractivity contribution in [2.45, 2.75) is 63.0 Å². The van der Waals surface area contributed by atoms with Crippen LogP contribution in [0.25, 0.3) is 0 Å². The highest BCUT2D eigenvalue weighted by atomic mass is 31.1. The van der Waals surface area contributed by atoms with Gasteiger partial charge < -0.3 is 15.4 Å². The second-order valence-electron chi connectivity index (χ2n) is 9.22. The van der Waals surface area contributed by atoms with Crippen molar-refractivity contribution in [2.24, 2.45) is 0 Å². The molecule has 4 rings (SSSR count). The van der Waals surface area contributed by atoms with E-state index in [2.05, 4.69) is 46.3 Å². The number of hydrogen-bond donors (Lipinski definition) is 3. The zero-order valence-electron chi connectivity index (χ0n) is 18.4. The van der Waals surface area contributed by atoms with Crippen molar-refractivity contribution in [3.05, 3.63) is 41.6 Å². The van der Waals surface area contributed by atoms with Gasteiger partial charge in [-0.15, -0.1) is 0 Å². The van der Waals surface area contributed by atoms with Crippen molar-refractivity contribution in [3.63, 3.8) is 0 Å². The van der Waals surface area contributed by atoms with Gasteiger partial charge in [0.25, 0.3) is 0 Å². The van der Waals surface area contributed by atoms with Crippen LogP contribution in [-0.2, 0) is 16.0 Å². The van der Waals surface area contributed by atoms with Crippen molar-refractivity contribution in [1.82, 2.24) is 15.5 Å². The number of amides is 2. The molecule has 2 aliphatic rings. The SMILES string of the molecule is CP(C)c1cccc(CC(=O)Nc2cc(C3CCC(OC(=O)NC4(C)CC4)C3)[nH]n2)c1. The molecule has 31 heavy (non-hydrogen) atoms. The summed E-state index contributed by atoms with van der Waals surface area (Å²) >= 11 is 0. The molecule has 7 nitrogen and oxygen atoms in total. The summed E-state index contributed by atoms with van der Waals surface area (Å²) in [6.45, 7) is 6.45. The molecule has 2 amide bonds. The van der Waals surface area contributed by atoms with Crippen molar-refractivity contribution >= 4 is 31.0 Å². The Balaban J connectivity index is 1.27. The zero-order valence-corrected chi connectivity index (χ0v) is 19.3. The number of carbonyl (C=O) groups excluding carboxylic acids is 2. The fourth-order valence-electron chi connectivity index (χ4n) is 4.00. The summed E-state index contributed by atoms with van der Waals surface area (Å²) in [4.78, 5) is 24.5. The first-order valence-electron chi connectivity index (χ1n) is 10.9. The number of ether oxygens (including phenoxy) is 1. The summed E-state index contributed by atoms with van der Waals surface area (Å²) in [7, 11) is -0.185. The standard InChI is InChI=1S/C23H31N4O3P/c1-23(9-10-23)25-22(29)30-17-8-7-16(13-17)19-14-20(27-26-19)24-21(28)12-15-5-4-6-18(11-15)31(2)3/h4-6,11,14,16-17H,7-10,12-13H2,1-3H3,(H,25,29)(H2,24,26,27,28). The average molecular weight is 443 g/mol. The first-order chi connectivity index (χ1) is 14.8. The number of aromatic amines is 1. The molecule has 2 saturated carbocycles. The van der Waals surface area contributed by atoms with Crippen LogP contribution < -0.4 is 15.9 Å². The number of H-pyrrole nitrogens is 1. The van der Waals surface area contributed by atoms with Crippen LogP contribution in [0, 0.1) is 0 Å². The molecule has 2 aliphatic carbocycles. The topological polar surface area (TPSA) is 96.1 Å². The largest absolute Gasteiger partial charge is 0.446 e. The number of benzene rings is 1. The van der Waals surface area contributed by atoms with Crippen LogP contribution in [0.15, 0.2) is 30.3 Å². The third kappa shape index (κ3) is 5.85. The predicted molar refractivity (Wildman–Crippen MR) is 123 cm³/mol. The van der Waals surface area contributed by atoms with Gasteiger partial charge in [-0.2, -0.15) is 5.10 Å². The van der Waals surface area contributed by atoms with E-state index in [0.717, 1.165) is 43.4 Å². The van der Waals surface area contributed by atoms with Crippen LogP contribution in [0.5, 0.6) is 0 Å². The van der Waals surface area contributed by atoms with Gasteiger partial charge in [0.2, 0.25) is 5.91 Å². The molecule has 2 fully saturated rings. The Hall–Kier alpha value is -2.40. The van der Waals surface area contributed by atoms with Crippen LogP contribution in [0.4, 0.5) is 10.6 Å². The first kappa shape index (κ1) is 21.8. The molecular weight excluding hydrogens is 411 g/mol. The number of carbonyl (C=O) groups is 2. The minimum atomic E-state index is -0.314. The van der Waals surface area contributed by atoms with E-state index in [-0.39, 0.29) is 37.5 Å². The van der Waals surface area contributed by atoms with Crippen molar-refractivity contribution in [1.29, 1.82) is 0 Å². The van der Waals surface area contributed by atoms with Crippen molar-refractivity contribution < 1.29 is 14.3 Å². The summed E-state index contributed by atoms with van der Waals surface area (Å²) in [5.74, 6) is 0.704. The molecule has 1 heterocycles. The number of hydrogen-bond acceptors (Lipinski definition) is 4. The number of anilines is 1. The van der Waals surface area contributed by atoms with E-state index in [4.69, 9.17) is 4.74 Å². The molecule has 1 aromatic carbocycles. The lowest BCUT2D eigenvalue weighted by Crippen LogP contribution is -2.36. The lowest BCUT2D eigenvalue weighted by atomic mass is 10.0. The van der Waals surface area contributed by atoms with E-state index < -0.39 is 0 Å². The van der Waals surface area contributed by atoms with E-state index in [1.807, 2.05) is 25.1 Å². The third-order valence-corrected chi connectivity index (χ3v) is 7.47. The minimum absolute atomic E-state index is 0.0669. The Labute approximate surface area is 184 Å². The fourth-order valence-corrected chi connectivity index (χ4v) is 4.80. The van der Waals surface area contributed by atoms with Gasteiger partial charge >= 0.3 is 6.09 Å². The van der Waals surface area contributed by atoms with Crippen LogP contribution in [-0.4, -0.2) is 47.2 Å². The number of rotatable bonds is 7. The fraction of sp³-hybridized carbons (Fsp3) is 0.522. The van der Waals surface area contributed by atoms with Crippen LogP contribution in [0.3, 0.4) is 0 Å². The highest BCUT2D eigenvalue weighted by molar-refractivity contribution is 7.64. The highest BCUT2D eigenvalue weighted by Gasteiger charge is 2.40. The molecule has 8 heteroatoms. The molecule has 0 radical (unpaired) electrons. The second kappa shape index (κ2) is 8.99. The molecular formula is C23H31N4O3P. The lowest BCUT2D eigenvalue weighted by Gasteiger charge is -2.16. The summed E-state index contributed by atoms with van der Waals surface area (Å²) in [5.41, 5.74) is 1.92. The summed E-state index contributed by atoms with van der Waals surface area (Å²) in [6, 6.07) is 10.1. The molecule has 2 atom stereocenters. The van der Waals surface area contributed by atoms with Gasteiger partial charge in [0.1, 0.15) is 6.10 Å². The van der Waals surface area contributed by atoms with E-state index in [1.54, 1.807) is 0 Å². The summed E-state index contributed by atoms with van der Waals surface area (Å²) in [5, 5.41) is 14.4. The molecule has 0 saturated heterocycles. The van der Waals surface area contributed by atoms with Gasteiger partial charge in [-0.05, 0) is 63.2 Å². The lowest BCUT2D eigenvalue weighted by molar-refractivity contribution is -0.115. The van der Waals surface area contributed by atoms with Gasteiger partial charge in [-0.25, -0.2) is 4.79 Å². The quantitative estimate of drug-likeness (QED) is 0.567. The molecule has 0 aliphatic heterocycles. The number of alkyl carbamates (subject to hydrolysis) is 1. The normalized spacial score (nSPS) is 21.7. The Morgan fingerprint density at radius 2 is 2.06 bits per heavy atom. The maximum absolute atomic E-state index is 12.5. The van der Waals surface area contributed by atoms with E-state index in [9.17, 15) is 9.59 Å². The van der Waals surface area contributed by atoms with Crippen molar-refractivity contribution in [2.75, 3.05) is 18.6 Å². The van der Waals surface area contributed by atoms with E-state index in [0.29, 0.717) is 12.2 Å². The van der Waals surface area contributed by atoms with Crippen LogP contribution >= 0.6 is 7.92 Å². The molecule has 0 spiro atoms. The molecule has 166 valence electrons. The third-order valence-electron chi connectivity index (χ3n) is 6.16. The van der Waals surface area contributed by atoms with Gasteiger partial charge in [0, 0.05) is 23.2 Å². The second-order valence-corrected chi connectivity index (χ2v) is 11.5. The predicted octanol–water partition coefficient (Wildman–Crippen LogP) is 3.87.